The fourth-order valence-electron chi connectivity index (χ4n) is 2.40. The molecule has 3 heteroatoms. The van der Waals surface area contributed by atoms with E-state index < -0.39 is 0 Å². The van der Waals surface area contributed by atoms with Gasteiger partial charge in [-0.1, -0.05) is 19.4 Å². The zero-order valence-corrected chi connectivity index (χ0v) is 12.4. The molecule has 0 spiro atoms. The first-order valence-electron chi connectivity index (χ1n) is 7.10. The van der Waals surface area contributed by atoms with Crippen molar-refractivity contribution in [1.82, 2.24) is 4.98 Å². The molecule has 0 radical (unpaired) electrons. The SMILES string of the molecule is CCCCc1ccc2nc(C)cc(CC(=O)OC)c2c1. The Kier molecular flexibility index (Phi) is 4.72. The fraction of sp³-hybridized carbons (Fsp3) is 0.412. The van der Waals surface area contributed by atoms with Crippen LogP contribution in [0.2, 0.25) is 0 Å². The Bertz CT molecular complexity index is 620. The van der Waals surface area contributed by atoms with Gasteiger partial charge >= 0.3 is 5.97 Å². The van der Waals surface area contributed by atoms with Gasteiger partial charge in [0.25, 0.3) is 0 Å². The van der Waals surface area contributed by atoms with Crippen molar-refractivity contribution in [2.75, 3.05) is 7.11 Å². The Balaban J connectivity index is 2.44. The molecule has 0 bridgehead atoms. The van der Waals surface area contributed by atoms with E-state index in [1.165, 1.54) is 25.5 Å². The molecule has 106 valence electrons. The lowest BCUT2D eigenvalue weighted by Gasteiger charge is -2.09. The molecule has 0 atom stereocenters. The number of carbonyl (C=O) groups excluding carboxylic acids is 1. The topological polar surface area (TPSA) is 39.2 Å². The number of benzene rings is 1. The lowest BCUT2D eigenvalue weighted by atomic mass is 10.0. The van der Waals surface area contributed by atoms with Crippen molar-refractivity contribution in [2.45, 2.75) is 39.5 Å². The Labute approximate surface area is 120 Å². The number of aromatic nitrogens is 1. The minimum Gasteiger partial charge on any atom is -0.469 e. The van der Waals surface area contributed by atoms with Gasteiger partial charge in [-0.3, -0.25) is 9.78 Å². The van der Waals surface area contributed by atoms with Crippen LogP contribution in [-0.2, 0) is 22.4 Å². The van der Waals surface area contributed by atoms with E-state index in [0.717, 1.165) is 28.6 Å². The first-order chi connectivity index (χ1) is 9.63. The smallest absolute Gasteiger partial charge is 0.310 e. The summed E-state index contributed by atoms with van der Waals surface area (Å²) in [7, 11) is 1.42. The average Bonchev–Trinajstić information content (AvgIpc) is 2.45. The van der Waals surface area contributed by atoms with Gasteiger partial charge in [0.15, 0.2) is 0 Å². The van der Waals surface area contributed by atoms with Crippen molar-refractivity contribution in [1.29, 1.82) is 0 Å². The van der Waals surface area contributed by atoms with Gasteiger partial charge in [-0.15, -0.1) is 0 Å². The highest BCUT2D eigenvalue weighted by atomic mass is 16.5. The highest BCUT2D eigenvalue weighted by Crippen LogP contribution is 2.22. The molecule has 20 heavy (non-hydrogen) atoms. The van der Waals surface area contributed by atoms with Gasteiger partial charge in [-0.05, 0) is 49.1 Å². The van der Waals surface area contributed by atoms with E-state index in [4.69, 9.17) is 4.74 Å². The zero-order valence-electron chi connectivity index (χ0n) is 12.4. The Morgan fingerprint density at radius 1 is 1.30 bits per heavy atom. The summed E-state index contributed by atoms with van der Waals surface area (Å²) in [6, 6.07) is 8.32. The number of rotatable bonds is 5. The number of hydrogen-bond donors (Lipinski definition) is 0. The number of esters is 1. The predicted octanol–water partition coefficient (Wildman–Crippen LogP) is 3.60. The lowest BCUT2D eigenvalue weighted by molar-refractivity contribution is -0.139. The van der Waals surface area contributed by atoms with E-state index in [2.05, 4.69) is 24.0 Å². The van der Waals surface area contributed by atoms with Crippen LogP contribution in [0.25, 0.3) is 10.9 Å². The third-order valence-electron chi connectivity index (χ3n) is 3.47. The second-order valence-corrected chi connectivity index (χ2v) is 5.13. The summed E-state index contributed by atoms with van der Waals surface area (Å²) < 4.78 is 4.78. The molecular formula is C17H21NO2. The quantitative estimate of drug-likeness (QED) is 0.780. The molecule has 0 aliphatic carbocycles. The minimum atomic E-state index is -0.212. The largest absolute Gasteiger partial charge is 0.469 e. The second kappa shape index (κ2) is 6.51. The van der Waals surface area contributed by atoms with E-state index in [0.29, 0.717) is 6.42 Å². The number of nitrogens with zero attached hydrogens (tertiary/aromatic N) is 1. The summed E-state index contributed by atoms with van der Waals surface area (Å²) in [6.45, 7) is 4.14. The molecule has 1 aromatic carbocycles. The number of methoxy groups -OCH3 is 1. The van der Waals surface area contributed by atoms with Crippen molar-refractivity contribution in [3.63, 3.8) is 0 Å². The number of carbonyl (C=O) groups is 1. The fourth-order valence-corrected chi connectivity index (χ4v) is 2.40. The van der Waals surface area contributed by atoms with Crippen LogP contribution in [0.1, 0.15) is 36.6 Å². The number of aryl methyl sites for hydroxylation is 2. The molecule has 0 aliphatic heterocycles. The van der Waals surface area contributed by atoms with Crippen molar-refractivity contribution in [3.05, 3.63) is 41.1 Å². The van der Waals surface area contributed by atoms with Crippen LogP contribution >= 0.6 is 0 Å². The maximum atomic E-state index is 11.6. The Morgan fingerprint density at radius 2 is 2.10 bits per heavy atom. The molecule has 3 nitrogen and oxygen atoms in total. The molecule has 0 saturated carbocycles. The third-order valence-corrected chi connectivity index (χ3v) is 3.47. The molecule has 1 heterocycles. The maximum Gasteiger partial charge on any atom is 0.310 e. The predicted molar refractivity (Wildman–Crippen MR) is 80.8 cm³/mol. The molecule has 2 aromatic rings. The van der Waals surface area contributed by atoms with Crippen LogP contribution in [0.5, 0.6) is 0 Å². The monoisotopic (exact) mass is 271 g/mol. The van der Waals surface area contributed by atoms with Crippen molar-refractivity contribution in [3.8, 4) is 0 Å². The number of fused-ring (bicyclic) bond motifs is 1. The molecule has 0 unspecified atom stereocenters. The molecule has 0 saturated heterocycles. The molecule has 0 fully saturated rings. The van der Waals surface area contributed by atoms with Gasteiger partial charge in [0, 0.05) is 11.1 Å². The van der Waals surface area contributed by atoms with Crippen molar-refractivity contribution < 1.29 is 9.53 Å². The van der Waals surface area contributed by atoms with Crippen LogP contribution in [0.3, 0.4) is 0 Å². The van der Waals surface area contributed by atoms with Gasteiger partial charge in [0.2, 0.25) is 0 Å². The van der Waals surface area contributed by atoms with E-state index in [-0.39, 0.29) is 5.97 Å². The van der Waals surface area contributed by atoms with Gasteiger partial charge in [-0.2, -0.15) is 0 Å². The molecule has 0 aliphatic rings. The zero-order chi connectivity index (χ0) is 14.5. The summed E-state index contributed by atoms with van der Waals surface area (Å²) in [5.41, 5.74) is 4.18. The normalized spacial score (nSPS) is 10.8. The van der Waals surface area contributed by atoms with Gasteiger partial charge < -0.3 is 4.74 Å². The molecule has 0 N–H and O–H groups in total. The highest BCUT2D eigenvalue weighted by molar-refractivity contribution is 5.87. The summed E-state index contributed by atoms with van der Waals surface area (Å²) in [5, 5.41) is 1.06. The second-order valence-electron chi connectivity index (χ2n) is 5.13. The van der Waals surface area contributed by atoms with E-state index >= 15 is 0 Å². The lowest BCUT2D eigenvalue weighted by Crippen LogP contribution is -2.06. The van der Waals surface area contributed by atoms with Gasteiger partial charge in [0.05, 0.1) is 19.0 Å². The minimum absolute atomic E-state index is 0.212. The first-order valence-corrected chi connectivity index (χ1v) is 7.10. The Morgan fingerprint density at radius 3 is 2.80 bits per heavy atom. The van der Waals surface area contributed by atoms with Crippen molar-refractivity contribution >= 4 is 16.9 Å². The number of ether oxygens (including phenoxy) is 1. The van der Waals surface area contributed by atoms with E-state index in [1.807, 2.05) is 19.1 Å². The molecular weight excluding hydrogens is 250 g/mol. The molecule has 0 amide bonds. The number of unbranched alkanes of at least 4 members (excludes halogenated alkanes) is 1. The van der Waals surface area contributed by atoms with Gasteiger partial charge in [0.1, 0.15) is 0 Å². The molecule has 1 aromatic heterocycles. The summed E-state index contributed by atoms with van der Waals surface area (Å²) >= 11 is 0. The summed E-state index contributed by atoms with van der Waals surface area (Å²) in [4.78, 5) is 16.1. The highest BCUT2D eigenvalue weighted by Gasteiger charge is 2.09. The van der Waals surface area contributed by atoms with Crippen LogP contribution in [0.15, 0.2) is 24.3 Å². The molecule has 2 rings (SSSR count). The van der Waals surface area contributed by atoms with E-state index in [9.17, 15) is 4.79 Å². The van der Waals surface area contributed by atoms with Crippen molar-refractivity contribution in [2.24, 2.45) is 0 Å². The first kappa shape index (κ1) is 14.5. The maximum absolute atomic E-state index is 11.6. The number of hydrogen-bond acceptors (Lipinski definition) is 3. The van der Waals surface area contributed by atoms with E-state index in [1.54, 1.807) is 0 Å². The average molecular weight is 271 g/mol. The summed E-state index contributed by atoms with van der Waals surface area (Å²) in [6.07, 6.45) is 3.72. The number of pyridine rings is 1. The van der Waals surface area contributed by atoms with Crippen LogP contribution in [0.4, 0.5) is 0 Å². The summed E-state index contributed by atoms with van der Waals surface area (Å²) in [5.74, 6) is -0.212. The third kappa shape index (κ3) is 3.35. The van der Waals surface area contributed by atoms with Crippen LogP contribution < -0.4 is 0 Å². The van der Waals surface area contributed by atoms with Crippen LogP contribution in [0, 0.1) is 6.92 Å². The van der Waals surface area contributed by atoms with Crippen LogP contribution in [-0.4, -0.2) is 18.1 Å². The Hall–Kier alpha value is -1.90. The van der Waals surface area contributed by atoms with Gasteiger partial charge in [-0.25, -0.2) is 0 Å². The standard InChI is InChI=1S/C17H21NO2/c1-4-5-6-13-7-8-16-15(10-13)14(9-12(2)18-16)11-17(19)20-3/h7-10H,4-6,11H2,1-3H3.